The first kappa shape index (κ1) is 23.8. The van der Waals surface area contributed by atoms with E-state index in [0.29, 0.717) is 36.9 Å². The van der Waals surface area contributed by atoms with E-state index in [1.54, 1.807) is 6.07 Å². The summed E-state index contributed by atoms with van der Waals surface area (Å²) in [5, 5.41) is 3.67. The van der Waals surface area contributed by atoms with Gasteiger partial charge in [0.05, 0.1) is 5.02 Å². The van der Waals surface area contributed by atoms with Crippen LogP contribution in [0.25, 0.3) is 0 Å². The van der Waals surface area contributed by atoms with Gasteiger partial charge in [0, 0.05) is 49.7 Å². The molecule has 30 heavy (non-hydrogen) atoms. The molecule has 0 bridgehead atoms. The monoisotopic (exact) mass is 475 g/mol. The third kappa shape index (κ3) is 5.88. The van der Waals surface area contributed by atoms with E-state index in [0.717, 1.165) is 32.5 Å². The van der Waals surface area contributed by atoms with Crippen molar-refractivity contribution in [2.45, 2.75) is 50.5 Å². The average Bonchev–Trinajstić information content (AvgIpc) is 2.71. The highest BCUT2D eigenvalue weighted by molar-refractivity contribution is 7.89. The topological polar surface area (TPSA) is 69.7 Å². The predicted octanol–water partition coefficient (Wildman–Crippen LogP) is 3.63. The van der Waals surface area contributed by atoms with Gasteiger partial charge in [-0.15, -0.1) is 0 Å². The molecule has 6 nitrogen and oxygen atoms in total. The number of halogens is 2. The Kier molecular flexibility index (Phi) is 8.07. The van der Waals surface area contributed by atoms with Crippen molar-refractivity contribution in [3.05, 3.63) is 28.2 Å². The van der Waals surface area contributed by atoms with E-state index in [4.69, 9.17) is 23.2 Å². The second-order valence-electron chi connectivity index (χ2n) is 8.73. The van der Waals surface area contributed by atoms with Crippen LogP contribution in [-0.2, 0) is 14.8 Å². The molecule has 2 saturated heterocycles. The Morgan fingerprint density at radius 1 is 1.10 bits per heavy atom. The molecule has 0 aromatic heterocycles. The molecule has 0 saturated carbocycles. The van der Waals surface area contributed by atoms with E-state index < -0.39 is 10.0 Å². The summed E-state index contributed by atoms with van der Waals surface area (Å²) in [4.78, 5) is 15.2. The maximum absolute atomic E-state index is 12.9. The summed E-state index contributed by atoms with van der Waals surface area (Å²) in [6, 6.07) is 4.65. The van der Waals surface area contributed by atoms with Crippen LogP contribution in [0.15, 0.2) is 23.1 Å². The van der Waals surface area contributed by atoms with E-state index in [-0.39, 0.29) is 27.8 Å². The van der Waals surface area contributed by atoms with Crippen LogP contribution in [0.2, 0.25) is 10.0 Å². The molecule has 2 aliphatic rings. The fourth-order valence-corrected chi connectivity index (χ4v) is 6.47. The van der Waals surface area contributed by atoms with Crippen molar-refractivity contribution in [1.82, 2.24) is 14.5 Å². The molecule has 0 spiro atoms. The van der Waals surface area contributed by atoms with Gasteiger partial charge in [-0.2, -0.15) is 4.31 Å². The number of hydrogen-bond donors (Lipinski definition) is 1. The van der Waals surface area contributed by atoms with Gasteiger partial charge in [0.15, 0.2) is 0 Å². The number of carbonyl (C=O) groups is 1. The number of amides is 1. The lowest BCUT2D eigenvalue weighted by atomic mass is 9.95. The van der Waals surface area contributed by atoms with E-state index in [9.17, 15) is 13.2 Å². The Hall–Kier alpha value is -0.860. The van der Waals surface area contributed by atoms with Gasteiger partial charge in [0.25, 0.3) is 0 Å². The molecule has 2 fully saturated rings. The summed E-state index contributed by atoms with van der Waals surface area (Å²) < 4.78 is 27.3. The largest absolute Gasteiger partial charge is 0.353 e. The first-order valence-electron chi connectivity index (χ1n) is 10.6. The Morgan fingerprint density at radius 2 is 1.73 bits per heavy atom. The van der Waals surface area contributed by atoms with Crippen LogP contribution in [0, 0.1) is 11.8 Å². The maximum atomic E-state index is 12.9. The highest BCUT2D eigenvalue weighted by Crippen LogP contribution is 2.30. The number of nitrogens with zero attached hydrogens (tertiary/aromatic N) is 2. The Balaban J connectivity index is 1.50. The second-order valence-corrected chi connectivity index (χ2v) is 11.5. The molecule has 9 heteroatoms. The average molecular weight is 476 g/mol. The van der Waals surface area contributed by atoms with Crippen molar-refractivity contribution < 1.29 is 13.2 Å². The number of hydrogen-bond acceptors (Lipinski definition) is 4. The Morgan fingerprint density at radius 3 is 2.33 bits per heavy atom. The minimum Gasteiger partial charge on any atom is -0.353 e. The molecular formula is C21H31Cl2N3O3S. The number of sulfonamides is 1. The van der Waals surface area contributed by atoms with Gasteiger partial charge < -0.3 is 10.2 Å². The van der Waals surface area contributed by atoms with Gasteiger partial charge in [-0.1, -0.05) is 37.0 Å². The molecule has 2 heterocycles. The van der Waals surface area contributed by atoms with Crippen molar-refractivity contribution in [3.8, 4) is 0 Å². The summed E-state index contributed by atoms with van der Waals surface area (Å²) in [7, 11) is -3.73. The molecule has 2 aliphatic heterocycles. The fourth-order valence-electron chi connectivity index (χ4n) is 4.27. The lowest BCUT2D eigenvalue weighted by molar-refractivity contribution is -0.127. The zero-order chi connectivity index (χ0) is 21.9. The molecule has 0 aliphatic carbocycles. The summed E-state index contributed by atoms with van der Waals surface area (Å²) in [6.45, 7) is 8.18. The number of rotatable bonds is 6. The standard InChI is InChI=1S/C21H31Cl2N3O3S/c1-15(2)14-25-9-7-18(8-10-25)24-21(27)16-5-11-26(12-6-16)30(28,29)20-13-17(22)3-4-19(20)23/h3-4,13,15-16,18H,5-12,14H2,1-2H3,(H,24,27). The highest BCUT2D eigenvalue weighted by atomic mass is 35.5. The lowest BCUT2D eigenvalue weighted by Crippen LogP contribution is -2.49. The molecule has 1 amide bonds. The molecule has 0 radical (unpaired) electrons. The summed E-state index contributed by atoms with van der Waals surface area (Å²) in [5.41, 5.74) is 0. The normalized spacial score (nSPS) is 20.6. The van der Waals surface area contributed by atoms with E-state index in [2.05, 4.69) is 24.1 Å². The Bertz CT molecular complexity index is 847. The van der Waals surface area contributed by atoms with Crippen LogP contribution >= 0.6 is 23.2 Å². The predicted molar refractivity (Wildman–Crippen MR) is 120 cm³/mol. The zero-order valence-electron chi connectivity index (χ0n) is 17.6. The third-order valence-corrected chi connectivity index (χ3v) is 8.51. The number of likely N-dealkylation sites (tertiary alicyclic amines) is 1. The fraction of sp³-hybridized carbons (Fsp3) is 0.667. The Labute approximate surface area is 189 Å². The van der Waals surface area contributed by atoms with Gasteiger partial charge in [-0.25, -0.2) is 8.42 Å². The highest BCUT2D eigenvalue weighted by Gasteiger charge is 2.34. The van der Waals surface area contributed by atoms with Crippen LogP contribution in [0.1, 0.15) is 39.5 Å². The van der Waals surface area contributed by atoms with Crippen LogP contribution in [0.4, 0.5) is 0 Å². The quantitative estimate of drug-likeness (QED) is 0.681. The van der Waals surface area contributed by atoms with Gasteiger partial charge in [-0.3, -0.25) is 4.79 Å². The minimum atomic E-state index is -3.73. The van der Waals surface area contributed by atoms with Crippen molar-refractivity contribution in [2.75, 3.05) is 32.7 Å². The lowest BCUT2D eigenvalue weighted by Gasteiger charge is -2.35. The minimum absolute atomic E-state index is 0.0210. The number of benzene rings is 1. The van der Waals surface area contributed by atoms with E-state index in [1.165, 1.54) is 16.4 Å². The van der Waals surface area contributed by atoms with E-state index in [1.807, 2.05) is 0 Å². The van der Waals surface area contributed by atoms with Crippen molar-refractivity contribution >= 4 is 39.1 Å². The molecule has 168 valence electrons. The molecule has 3 rings (SSSR count). The first-order chi connectivity index (χ1) is 14.2. The van der Waals surface area contributed by atoms with Crippen LogP contribution in [0.3, 0.4) is 0 Å². The molecule has 1 N–H and O–H groups in total. The number of carbonyl (C=O) groups excluding carboxylic acids is 1. The van der Waals surface area contributed by atoms with Crippen LogP contribution in [-0.4, -0.2) is 62.3 Å². The van der Waals surface area contributed by atoms with Crippen molar-refractivity contribution in [3.63, 3.8) is 0 Å². The molecular weight excluding hydrogens is 445 g/mol. The van der Waals surface area contributed by atoms with Crippen molar-refractivity contribution in [1.29, 1.82) is 0 Å². The zero-order valence-corrected chi connectivity index (χ0v) is 19.9. The number of piperidine rings is 2. The second kappa shape index (κ2) is 10.2. The molecule has 1 aromatic carbocycles. The smallest absolute Gasteiger partial charge is 0.244 e. The molecule has 1 aromatic rings. The molecule has 0 atom stereocenters. The van der Waals surface area contributed by atoms with E-state index >= 15 is 0 Å². The summed E-state index contributed by atoms with van der Waals surface area (Å²) >= 11 is 12.0. The van der Waals surface area contributed by atoms with Crippen LogP contribution in [0.5, 0.6) is 0 Å². The van der Waals surface area contributed by atoms with Gasteiger partial charge in [-0.05, 0) is 49.8 Å². The summed E-state index contributed by atoms with van der Waals surface area (Å²) in [6.07, 6.45) is 2.96. The summed E-state index contributed by atoms with van der Waals surface area (Å²) in [5.74, 6) is 0.550. The van der Waals surface area contributed by atoms with Gasteiger partial charge in [0.2, 0.25) is 15.9 Å². The van der Waals surface area contributed by atoms with Crippen molar-refractivity contribution in [2.24, 2.45) is 11.8 Å². The third-order valence-electron chi connectivity index (χ3n) is 5.89. The SMILES string of the molecule is CC(C)CN1CCC(NC(=O)C2CCN(S(=O)(=O)c3cc(Cl)ccc3Cl)CC2)CC1. The maximum Gasteiger partial charge on any atom is 0.244 e. The first-order valence-corrected chi connectivity index (χ1v) is 12.8. The number of nitrogens with one attached hydrogen (secondary N) is 1. The van der Waals surface area contributed by atoms with Gasteiger partial charge >= 0.3 is 0 Å². The van der Waals surface area contributed by atoms with Gasteiger partial charge in [0.1, 0.15) is 4.90 Å². The van der Waals surface area contributed by atoms with Crippen LogP contribution < -0.4 is 5.32 Å². The molecule has 0 unspecified atom stereocenters.